The zero-order chi connectivity index (χ0) is 19.9. The number of carbonyl (C=O) groups is 2. The van der Waals surface area contributed by atoms with Gasteiger partial charge in [-0.1, -0.05) is 25.5 Å². The molecule has 148 valence electrons. The molecule has 4 aliphatic rings. The van der Waals surface area contributed by atoms with Crippen LogP contribution in [0.2, 0.25) is 0 Å². The molecule has 0 aromatic carbocycles. The molecule has 0 heterocycles. The maximum absolute atomic E-state index is 14.2. The number of hydrogen-bond acceptors (Lipinski definition) is 3. The first-order chi connectivity index (χ1) is 12.5. The summed E-state index contributed by atoms with van der Waals surface area (Å²) >= 11 is 0. The van der Waals surface area contributed by atoms with Crippen molar-refractivity contribution >= 4 is 11.6 Å². The lowest BCUT2D eigenvalue weighted by molar-refractivity contribution is -0.176. The van der Waals surface area contributed by atoms with Gasteiger partial charge in [-0.15, -0.1) is 0 Å². The zero-order valence-electron chi connectivity index (χ0n) is 17.9. The fourth-order valence-corrected chi connectivity index (χ4v) is 7.34. The lowest BCUT2D eigenvalue weighted by Crippen LogP contribution is -2.67. The Morgan fingerprint density at radius 1 is 1.07 bits per heavy atom. The molecular weight excluding hydrogens is 336 g/mol. The lowest BCUT2D eigenvalue weighted by atomic mass is 9.38. The van der Waals surface area contributed by atoms with Gasteiger partial charge in [-0.05, 0) is 84.0 Å². The van der Waals surface area contributed by atoms with Crippen LogP contribution >= 0.6 is 0 Å². The molecule has 0 aromatic rings. The predicted octanol–water partition coefficient (Wildman–Crippen LogP) is 5.25. The Bertz CT molecular complexity index is 780. The minimum Gasteiger partial charge on any atom is -0.484 e. The van der Waals surface area contributed by atoms with Crippen LogP contribution in [0.25, 0.3) is 0 Å². The molecule has 0 radical (unpaired) electrons. The van der Waals surface area contributed by atoms with E-state index in [9.17, 15) is 9.59 Å². The first kappa shape index (κ1) is 19.0. The van der Waals surface area contributed by atoms with Crippen LogP contribution < -0.4 is 0 Å². The van der Waals surface area contributed by atoms with Gasteiger partial charge in [0, 0.05) is 5.57 Å². The van der Waals surface area contributed by atoms with Crippen LogP contribution in [0.3, 0.4) is 0 Å². The smallest absolute Gasteiger partial charge is 0.205 e. The first-order valence-corrected chi connectivity index (χ1v) is 10.6. The summed E-state index contributed by atoms with van der Waals surface area (Å²) in [6.07, 6.45) is 6.16. The van der Waals surface area contributed by atoms with Crippen molar-refractivity contribution in [1.29, 1.82) is 0 Å². The fourth-order valence-electron chi connectivity index (χ4n) is 7.34. The Morgan fingerprint density at radius 3 is 2.37 bits per heavy atom. The second kappa shape index (κ2) is 5.58. The fraction of sp³-hybridized carbons (Fsp3) is 0.750. The summed E-state index contributed by atoms with van der Waals surface area (Å²) in [5.41, 5.74) is 0.175. The van der Waals surface area contributed by atoms with E-state index in [0.29, 0.717) is 29.6 Å². The molecule has 2 saturated carbocycles. The van der Waals surface area contributed by atoms with Gasteiger partial charge < -0.3 is 4.74 Å². The summed E-state index contributed by atoms with van der Waals surface area (Å²) in [5.74, 6) is 1.85. The van der Waals surface area contributed by atoms with Crippen LogP contribution in [-0.2, 0) is 14.3 Å². The Hall–Kier alpha value is -1.38. The summed E-state index contributed by atoms with van der Waals surface area (Å²) in [4.78, 5) is 28.3. The highest BCUT2D eigenvalue weighted by atomic mass is 16.5. The van der Waals surface area contributed by atoms with Crippen LogP contribution in [-0.4, -0.2) is 17.2 Å². The summed E-state index contributed by atoms with van der Waals surface area (Å²) in [7, 11) is 0. The number of ketones is 2. The molecule has 0 N–H and O–H groups in total. The van der Waals surface area contributed by atoms with Gasteiger partial charge in [0.2, 0.25) is 5.78 Å². The van der Waals surface area contributed by atoms with Crippen molar-refractivity contribution in [2.24, 2.45) is 34.5 Å². The third-order valence-electron chi connectivity index (χ3n) is 8.09. The van der Waals surface area contributed by atoms with Gasteiger partial charge in [0.25, 0.3) is 0 Å². The van der Waals surface area contributed by atoms with Gasteiger partial charge in [-0.2, -0.15) is 0 Å². The highest BCUT2D eigenvalue weighted by molar-refractivity contribution is 6.17. The molecular formula is C24H34O3. The standard InChI is InChI=1S/C24H34O3/c1-13-10-17-11-14(2)18-9-8-15(3)23(12-13)21(26)19(27-22(5,6)7)16(4)20(25)24(17,18)23/h10,14-15,17-18H,8-9,11-12H2,1-7H3/t14-,15-,17+,18+,23-,24-/m0/s1. The van der Waals surface area contributed by atoms with E-state index < -0.39 is 16.4 Å². The maximum atomic E-state index is 14.2. The van der Waals surface area contributed by atoms with Crippen molar-refractivity contribution in [3.63, 3.8) is 0 Å². The van der Waals surface area contributed by atoms with Gasteiger partial charge in [0.1, 0.15) is 5.60 Å². The summed E-state index contributed by atoms with van der Waals surface area (Å²) in [5, 5.41) is 0. The lowest BCUT2D eigenvalue weighted by Gasteiger charge is -2.62. The summed E-state index contributed by atoms with van der Waals surface area (Å²) in [6, 6.07) is 0. The van der Waals surface area contributed by atoms with Gasteiger partial charge in [0.05, 0.1) is 10.8 Å². The summed E-state index contributed by atoms with van der Waals surface area (Å²) in [6.45, 7) is 14.3. The highest BCUT2D eigenvalue weighted by Gasteiger charge is 2.76. The van der Waals surface area contributed by atoms with Crippen molar-refractivity contribution < 1.29 is 14.3 Å². The van der Waals surface area contributed by atoms with E-state index >= 15 is 0 Å². The monoisotopic (exact) mass is 370 g/mol. The van der Waals surface area contributed by atoms with E-state index in [0.717, 1.165) is 19.3 Å². The van der Waals surface area contributed by atoms with Crippen LogP contribution in [0.5, 0.6) is 0 Å². The van der Waals surface area contributed by atoms with Crippen molar-refractivity contribution in [2.45, 2.75) is 79.8 Å². The topological polar surface area (TPSA) is 43.4 Å². The van der Waals surface area contributed by atoms with Crippen molar-refractivity contribution in [2.75, 3.05) is 0 Å². The van der Waals surface area contributed by atoms with Crippen molar-refractivity contribution in [1.82, 2.24) is 0 Å². The third kappa shape index (κ3) is 2.15. The van der Waals surface area contributed by atoms with Crippen LogP contribution in [0, 0.1) is 34.5 Å². The number of hydrogen-bond donors (Lipinski definition) is 0. The molecule has 0 unspecified atom stereocenters. The molecule has 3 heteroatoms. The Kier molecular flexibility index (Phi) is 3.92. The van der Waals surface area contributed by atoms with E-state index in [-0.39, 0.29) is 23.4 Å². The number of allylic oxidation sites excluding steroid dienone is 4. The van der Waals surface area contributed by atoms with E-state index in [4.69, 9.17) is 4.74 Å². The van der Waals surface area contributed by atoms with Gasteiger partial charge >= 0.3 is 0 Å². The van der Waals surface area contributed by atoms with Gasteiger partial charge in [0.15, 0.2) is 11.5 Å². The molecule has 0 aliphatic heterocycles. The van der Waals surface area contributed by atoms with E-state index in [2.05, 4.69) is 26.8 Å². The van der Waals surface area contributed by atoms with Crippen LogP contribution in [0.4, 0.5) is 0 Å². The number of carbonyl (C=O) groups excluding carboxylic acids is 2. The molecule has 4 aliphatic carbocycles. The molecule has 2 fully saturated rings. The molecule has 1 spiro atoms. The largest absolute Gasteiger partial charge is 0.484 e. The Labute approximate surface area is 163 Å². The Balaban J connectivity index is 2.02. The van der Waals surface area contributed by atoms with Gasteiger partial charge in [-0.3, -0.25) is 9.59 Å². The van der Waals surface area contributed by atoms with Crippen LogP contribution in [0.1, 0.15) is 74.1 Å². The third-order valence-corrected chi connectivity index (χ3v) is 8.09. The zero-order valence-corrected chi connectivity index (χ0v) is 17.9. The molecule has 0 bridgehead atoms. The number of Topliss-reactive ketones (excluding diaryl/α,β-unsaturated/α-hetero) is 2. The first-order valence-electron chi connectivity index (χ1n) is 10.6. The normalized spacial score (nSPS) is 44.0. The molecule has 6 atom stereocenters. The minimum absolute atomic E-state index is 0.110. The van der Waals surface area contributed by atoms with Crippen molar-refractivity contribution in [3.05, 3.63) is 23.0 Å². The predicted molar refractivity (Wildman–Crippen MR) is 106 cm³/mol. The molecule has 0 saturated heterocycles. The number of rotatable bonds is 1. The molecule has 3 nitrogen and oxygen atoms in total. The SMILES string of the molecule is CC1=C[C@@H]2C[C@H](C)[C@H]3CC[C@H](C)[C@@]4(C1)C(=O)C(OC(C)(C)C)=C(C)C(=O)[C@]234. The average Bonchev–Trinajstić information content (AvgIpc) is 2.84. The molecule has 0 aromatic heterocycles. The molecule has 27 heavy (non-hydrogen) atoms. The highest BCUT2D eigenvalue weighted by Crippen LogP contribution is 2.74. The van der Waals surface area contributed by atoms with Gasteiger partial charge in [-0.25, -0.2) is 0 Å². The van der Waals surface area contributed by atoms with Crippen LogP contribution in [0.15, 0.2) is 23.0 Å². The van der Waals surface area contributed by atoms with E-state index in [1.54, 1.807) is 0 Å². The van der Waals surface area contributed by atoms with E-state index in [1.165, 1.54) is 5.57 Å². The minimum atomic E-state index is -0.624. The molecule has 0 amide bonds. The second-order valence-corrected chi connectivity index (χ2v) is 10.8. The number of ether oxygens (including phenoxy) is 1. The van der Waals surface area contributed by atoms with Crippen molar-refractivity contribution in [3.8, 4) is 0 Å². The maximum Gasteiger partial charge on any atom is 0.205 e. The quantitative estimate of drug-likeness (QED) is 0.592. The van der Waals surface area contributed by atoms with E-state index in [1.807, 2.05) is 27.7 Å². The summed E-state index contributed by atoms with van der Waals surface area (Å²) < 4.78 is 6.15. The molecule has 4 rings (SSSR count). The second-order valence-electron chi connectivity index (χ2n) is 10.8. The Morgan fingerprint density at radius 2 is 1.74 bits per heavy atom. The average molecular weight is 371 g/mol.